The number of rotatable bonds is 5. The predicted octanol–water partition coefficient (Wildman–Crippen LogP) is 9.96. The fourth-order valence-electron chi connectivity index (χ4n) is 5.37. The van der Waals surface area contributed by atoms with Crippen LogP contribution in [0.5, 0.6) is 0 Å². The van der Waals surface area contributed by atoms with Crippen LogP contribution in [0.25, 0.3) is 43.5 Å². The highest BCUT2D eigenvalue weighted by molar-refractivity contribution is 7.40. The first kappa shape index (κ1) is 25.0. The molecule has 0 unspecified atom stereocenters. The third-order valence-corrected chi connectivity index (χ3v) is 8.40. The van der Waals surface area contributed by atoms with Crippen molar-refractivity contribution in [3.8, 4) is 0 Å². The average molecular weight is 555 g/mol. The molecule has 0 bridgehead atoms. The summed E-state index contributed by atoms with van der Waals surface area (Å²) in [7, 11) is -1.84. The molecule has 0 saturated carbocycles. The first-order valence-corrected chi connectivity index (χ1v) is 14.7. The Morgan fingerprint density at radius 1 is 0.561 bits per heavy atom. The minimum Gasteiger partial charge on any atom is -0.404 e. The van der Waals surface area contributed by atoms with E-state index < -0.39 is 8.16 Å². The molecule has 0 aliphatic rings. The molecule has 2 amide bonds. The molecule has 0 aliphatic carbocycles. The smallest absolute Gasteiger partial charge is 0.342 e. The van der Waals surface area contributed by atoms with E-state index in [9.17, 15) is 4.79 Å². The van der Waals surface area contributed by atoms with Crippen LogP contribution in [0.4, 0.5) is 4.79 Å². The van der Waals surface area contributed by atoms with E-state index >= 15 is 0 Å². The molecule has 1 N–H and O–H groups in total. The van der Waals surface area contributed by atoms with Gasteiger partial charge in [0.05, 0.1) is 0 Å². The van der Waals surface area contributed by atoms with E-state index in [-0.39, 0.29) is 6.03 Å². The van der Waals surface area contributed by atoms with E-state index in [0.717, 1.165) is 43.4 Å². The van der Waals surface area contributed by atoms with E-state index in [0.29, 0.717) is 24.3 Å². The van der Waals surface area contributed by atoms with Gasteiger partial charge < -0.3 is 13.3 Å². The van der Waals surface area contributed by atoms with E-state index in [4.69, 9.17) is 8.39 Å². The number of nitrogens with one attached hydrogen (secondary N) is 1. The van der Waals surface area contributed by atoms with Crippen molar-refractivity contribution in [2.24, 2.45) is 0 Å². The van der Waals surface area contributed by atoms with Crippen LogP contribution in [0, 0.1) is 0 Å². The van der Waals surface area contributed by atoms with Gasteiger partial charge in [0, 0.05) is 23.9 Å². The Morgan fingerprint density at radius 2 is 1.00 bits per heavy atom. The maximum atomic E-state index is 13.9. The Labute approximate surface area is 238 Å². The number of carbonyl (C=O) groups excluding carboxylic acids is 1. The number of amides is 2. The van der Waals surface area contributed by atoms with Gasteiger partial charge in [-0.05, 0) is 44.8 Å². The van der Waals surface area contributed by atoms with Crippen LogP contribution in [0.15, 0.2) is 142 Å². The number of nitrogens with zero attached hydrogens (tertiary/aromatic N) is 1. The second kappa shape index (κ2) is 10.9. The molecule has 0 radical (unpaired) electrons. The normalized spacial score (nSPS) is 11.2. The summed E-state index contributed by atoms with van der Waals surface area (Å²) < 4.78 is 13.0. The second-order valence-corrected chi connectivity index (χ2v) is 11.1. The summed E-state index contributed by atoms with van der Waals surface area (Å²) in [5.41, 5.74) is 3.45. The highest BCUT2D eigenvalue weighted by Gasteiger charge is 2.19. The van der Waals surface area contributed by atoms with E-state index in [1.54, 1.807) is 4.90 Å². The van der Waals surface area contributed by atoms with Gasteiger partial charge in [-0.3, -0.25) is 0 Å². The fraction of sp³-hybridized carbons (Fsp3) is 0.0571. The van der Waals surface area contributed by atoms with Crippen LogP contribution in [0.3, 0.4) is 0 Å². The monoisotopic (exact) mass is 554 g/mol. The molecule has 7 rings (SSSR count). The standard InChI is InChI=1S/C35H27N2O3P/c38-35(37(23-25-11-3-1-4-12-25)24-26-13-5-2-6-14-26)36-41-39-31-21-19-27-15-7-9-17-29(27)33(31)34-30-18-10-8-16-28(30)20-22-32(34)40-41/h1-22H,23-24H2,(H,36,38). The number of fused-ring (bicyclic) bond motifs is 7. The molecule has 7 aromatic rings. The van der Waals surface area contributed by atoms with E-state index in [2.05, 4.69) is 41.5 Å². The van der Waals surface area contributed by atoms with Crippen LogP contribution in [0.1, 0.15) is 11.1 Å². The van der Waals surface area contributed by atoms with E-state index in [1.807, 2.05) is 97.1 Å². The van der Waals surface area contributed by atoms with Gasteiger partial charge in [-0.2, -0.15) is 0 Å². The molecule has 6 heteroatoms. The van der Waals surface area contributed by atoms with Crippen LogP contribution in [0.2, 0.25) is 0 Å². The summed E-state index contributed by atoms with van der Waals surface area (Å²) in [5.74, 6) is 0. The Bertz CT molecular complexity index is 1920. The maximum absolute atomic E-state index is 13.9. The van der Waals surface area contributed by atoms with Crippen LogP contribution >= 0.6 is 8.16 Å². The predicted molar refractivity (Wildman–Crippen MR) is 168 cm³/mol. The van der Waals surface area contributed by atoms with Crippen molar-refractivity contribution in [2.75, 3.05) is 5.09 Å². The summed E-state index contributed by atoms with van der Waals surface area (Å²) in [4.78, 5) is 15.6. The number of urea groups is 1. The lowest BCUT2D eigenvalue weighted by Gasteiger charge is -2.22. The summed E-state index contributed by atoms with van der Waals surface area (Å²) in [6.45, 7) is 0.903. The van der Waals surface area contributed by atoms with Gasteiger partial charge in [-0.25, -0.2) is 9.88 Å². The highest BCUT2D eigenvalue weighted by atomic mass is 31.1. The number of benzene rings is 6. The maximum Gasteiger partial charge on any atom is 0.342 e. The molecule has 1 heterocycles. The molecule has 0 aliphatic heterocycles. The largest absolute Gasteiger partial charge is 0.404 e. The minimum atomic E-state index is -1.84. The first-order valence-electron chi connectivity index (χ1n) is 13.6. The quantitative estimate of drug-likeness (QED) is 0.230. The first-order chi connectivity index (χ1) is 20.2. The van der Waals surface area contributed by atoms with Crippen LogP contribution < -0.4 is 5.09 Å². The van der Waals surface area contributed by atoms with Crippen molar-refractivity contribution >= 4 is 57.7 Å². The van der Waals surface area contributed by atoms with Crippen molar-refractivity contribution in [3.05, 3.63) is 145 Å². The van der Waals surface area contributed by atoms with Gasteiger partial charge in [0.1, 0.15) is 11.2 Å². The van der Waals surface area contributed by atoms with E-state index in [1.165, 1.54) is 0 Å². The van der Waals surface area contributed by atoms with Crippen LogP contribution in [-0.4, -0.2) is 10.9 Å². The summed E-state index contributed by atoms with van der Waals surface area (Å²) in [6, 6.07) is 44.4. The van der Waals surface area contributed by atoms with Crippen molar-refractivity contribution in [1.82, 2.24) is 4.90 Å². The zero-order valence-electron chi connectivity index (χ0n) is 22.2. The minimum absolute atomic E-state index is 0.254. The number of hydrogen-bond acceptors (Lipinski definition) is 3. The summed E-state index contributed by atoms with van der Waals surface area (Å²) in [5, 5.41) is 9.40. The molecule has 6 aromatic carbocycles. The Kier molecular flexibility index (Phi) is 6.64. The lowest BCUT2D eigenvalue weighted by atomic mass is 9.99. The van der Waals surface area contributed by atoms with Gasteiger partial charge in [0.25, 0.3) is 0 Å². The molecule has 1 aromatic heterocycles. The molecule has 0 fully saturated rings. The second-order valence-electron chi connectivity index (χ2n) is 10.0. The van der Waals surface area contributed by atoms with Crippen molar-refractivity contribution < 1.29 is 13.2 Å². The number of hydrogen-bond donors (Lipinski definition) is 1. The van der Waals surface area contributed by atoms with Crippen molar-refractivity contribution in [1.29, 1.82) is 0 Å². The molecular formula is C35H27N2O3P. The molecule has 41 heavy (non-hydrogen) atoms. The van der Waals surface area contributed by atoms with Crippen molar-refractivity contribution in [3.63, 3.8) is 0 Å². The fourth-order valence-corrected chi connectivity index (χ4v) is 6.46. The van der Waals surface area contributed by atoms with Gasteiger partial charge >= 0.3 is 14.2 Å². The van der Waals surface area contributed by atoms with Crippen LogP contribution in [-0.2, 0) is 13.1 Å². The van der Waals surface area contributed by atoms with Gasteiger partial charge in [-0.15, -0.1) is 0 Å². The Morgan fingerprint density at radius 3 is 1.49 bits per heavy atom. The lowest BCUT2D eigenvalue weighted by molar-refractivity contribution is 0.207. The van der Waals surface area contributed by atoms with Gasteiger partial charge in [0.15, 0.2) is 0 Å². The zero-order valence-corrected chi connectivity index (χ0v) is 23.1. The third kappa shape index (κ3) is 5.04. The third-order valence-electron chi connectivity index (χ3n) is 7.30. The topological polar surface area (TPSA) is 58.6 Å². The highest BCUT2D eigenvalue weighted by Crippen LogP contribution is 2.40. The van der Waals surface area contributed by atoms with Gasteiger partial charge in [-0.1, -0.05) is 121 Å². The molecule has 0 saturated heterocycles. The number of carbonyl (C=O) groups is 1. The molecule has 0 atom stereocenters. The van der Waals surface area contributed by atoms with Gasteiger partial charge in [0.2, 0.25) is 0 Å². The lowest BCUT2D eigenvalue weighted by Crippen LogP contribution is -2.33. The molecule has 0 spiro atoms. The molecule has 200 valence electrons. The summed E-state index contributed by atoms with van der Waals surface area (Å²) >= 11 is 0. The average Bonchev–Trinajstić information content (AvgIpc) is 3.18. The Hall–Kier alpha value is -4.99. The zero-order chi connectivity index (χ0) is 27.6. The van der Waals surface area contributed by atoms with Crippen molar-refractivity contribution in [2.45, 2.75) is 13.1 Å². The summed E-state index contributed by atoms with van der Waals surface area (Å²) in [6.07, 6.45) is 0. The molecule has 5 nitrogen and oxygen atoms in total. The molecular weight excluding hydrogens is 527 g/mol. The Balaban J connectivity index is 1.38. The SMILES string of the molecule is O=C(Np1oc2ccc3ccccc3c2c2c(ccc3ccccc32)o1)N(Cc1ccccc1)Cc1ccccc1.